The van der Waals surface area contributed by atoms with Gasteiger partial charge in [0.15, 0.2) is 0 Å². The van der Waals surface area contributed by atoms with Crippen molar-refractivity contribution in [1.82, 2.24) is 0 Å². The van der Waals surface area contributed by atoms with Crippen LogP contribution in [0, 0.1) is 12.1 Å². The third-order valence-corrected chi connectivity index (χ3v) is 8.88. The van der Waals surface area contributed by atoms with Crippen LogP contribution in [0.2, 0.25) is 5.02 Å². The zero-order valence-electron chi connectivity index (χ0n) is 25.9. The van der Waals surface area contributed by atoms with Crippen molar-refractivity contribution in [3.63, 3.8) is 0 Å². The first-order valence-corrected chi connectivity index (χ1v) is 15.9. The second-order valence-corrected chi connectivity index (χ2v) is 14.2. The molecule has 0 atom stereocenters. The molecule has 0 spiro atoms. The number of fused-ring (bicyclic) bond motifs is 3. The second kappa shape index (κ2) is 16.3. The van der Waals surface area contributed by atoms with Crippen molar-refractivity contribution in [2.45, 2.75) is 65.2 Å². The summed E-state index contributed by atoms with van der Waals surface area (Å²) < 4.78 is 1.34. The average molecular weight is 705 g/mol. The Labute approximate surface area is 291 Å². The molecular weight excluding hydrogens is 666 g/mol. The van der Waals surface area contributed by atoms with Crippen LogP contribution in [0.3, 0.4) is 0 Å². The summed E-state index contributed by atoms with van der Waals surface area (Å²) in [6.07, 6.45) is 11.0. The zero-order chi connectivity index (χ0) is 29.6. The minimum atomic E-state index is 0. The molecule has 0 nitrogen and oxygen atoms in total. The zero-order valence-corrected chi connectivity index (χ0v) is 30.6. The quantitative estimate of drug-likeness (QED) is 0.239. The van der Waals surface area contributed by atoms with Crippen LogP contribution in [0.4, 0.5) is 0 Å². The number of allylic oxidation sites excluding steroid dienone is 4. The van der Waals surface area contributed by atoms with Crippen LogP contribution >= 0.6 is 11.6 Å². The fourth-order valence-corrected chi connectivity index (χ4v) is 5.77. The summed E-state index contributed by atoms with van der Waals surface area (Å²) in [4.78, 5) is 0. The third-order valence-electron chi connectivity index (χ3n) is 7.23. The van der Waals surface area contributed by atoms with Crippen molar-refractivity contribution in [3.8, 4) is 11.1 Å². The summed E-state index contributed by atoms with van der Waals surface area (Å²) in [6, 6.07) is 33.6. The smallest absolute Gasteiger partial charge is 0.109 e. The maximum absolute atomic E-state index is 5.97. The van der Waals surface area contributed by atoms with E-state index in [2.05, 4.69) is 120 Å². The van der Waals surface area contributed by atoms with Gasteiger partial charge in [0.1, 0.15) is 0 Å². The van der Waals surface area contributed by atoms with Crippen molar-refractivity contribution in [1.29, 1.82) is 0 Å². The Morgan fingerprint density at radius 3 is 1.98 bits per heavy atom. The summed E-state index contributed by atoms with van der Waals surface area (Å²) in [5.41, 5.74) is 11.2. The minimum Gasteiger partial charge on any atom is -1.00 e. The summed E-state index contributed by atoms with van der Waals surface area (Å²) in [6.45, 7) is 13.6. The van der Waals surface area contributed by atoms with Crippen LogP contribution in [-0.4, -0.2) is 3.21 Å². The predicted molar refractivity (Wildman–Crippen MR) is 174 cm³/mol. The monoisotopic (exact) mass is 702 g/mol. The molecule has 0 amide bonds. The molecule has 0 N–H and O–H groups in total. The predicted octanol–water partition coefficient (Wildman–Crippen LogP) is 4.42. The fourth-order valence-electron chi connectivity index (χ4n) is 4.78. The van der Waals surface area contributed by atoms with E-state index in [1.54, 1.807) is 0 Å². The molecule has 0 saturated carbocycles. The van der Waals surface area contributed by atoms with E-state index < -0.39 is 0 Å². The molecule has 2 aliphatic carbocycles. The van der Waals surface area contributed by atoms with Gasteiger partial charge in [0.05, 0.1) is 0 Å². The Morgan fingerprint density at radius 2 is 1.42 bits per heavy atom. The number of hydrogen-bond acceptors (Lipinski definition) is 0. The van der Waals surface area contributed by atoms with Gasteiger partial charge in [-0.15, -0.1) is 17.5 Å². The van der Waals surface area contributed by atoms with E-state index in [9.17, 15) is 0 Å². The van der Waals surface area contributed by atoms with Crippen LogP contribution in [-0.2, 0) is 41.5 Å². The largest absolute Gasteiger partial charge is 1.00 e. The Balaban J connectivity index is 0.000000256. The average Bonchev–Trinajstić information content (AvgIpc) is 3.64. The van der Waals surface area contributed by atoms with Gasteiger partial charge >= 0.3 is 110 Å². The Hall–Kier alpha value is -2.02. The molecule has 4 aromatic rings. The van der Waals surface area contributed by atoms with Gasteiger partial charge < -0.3 is 24.8 Å². The van der Waals surface area contributed by atoms with Crippen LogP contribution < -0.4 is 24.8 Å². The van der Waals surface area contributed by atoms with E-state index in [0.717, 1.165) is 17.9 Å². The van der Waals surface area contributed by atoms with Crippen LogP contribution in [0.25, 0.3) is 11.1 Å². The number of rotatable bonds is 2. The van der Waals surface area contributed by atoms with Gasteiger partial charge in [0.2, 0.25) is 0 Å². The topological polar surface area (TPSA) is 0 Å². The van der Waals surface area contributed by atoms with Gasteiger partial charge in [-0.1, -0.05) is 65.3 Å². The molecule has 0 saturated heterocycles. The first kappa shape index (κ1) is 37.2. The van der Waals surface area contributed by atoms with Gasteiger partial charge in [-0.2, -0.15) is 29.8 Å². The maximum Gasteiger partial charge on any atom is -0.109 e. The molecule has 0 aromatic heterocycles. The molecule has 6 rings (SSSR count). The molecule has 0 radical (unpaired) electrons. The van der Waals surface area contributed by atoms with Gasteiger partial charge in [-0.05, 0) is 28.4 Å². The summed E-state index contributed by atoms with van der Waals surface area (Å²) in [5.74, 6) is 0. The van der Waals surface area contributed by atoms with Crippen molar-refractivity contribution in [2.24, 2.45) is 0 Å². The van der Waals surface area contributed by atoms with Crippen LogP contribution in [0.5, 0.6) is 0 Å². The first-order chi connectivity index (χ1) is 19.4. The van der Waals surface area contributed by atoms with E-state index in [0.29, 0.717) is 0 Å². The van der Waals surface area contributed by atoms with Gasteiger partial charge in [-0.25, -0.2) is 12.2 Å². The third kappa shape index (κ3) is 10.3. The van der Waals surface area contributed by atoms with Gasteiger partial charge in [0.25, 0.3) is 0 Å². The van der Waals surface area contributed by atoms with E-state index in [4.69, 9.17) is 11.6 Å². The Morgan fingerprint density at radius 1 is 0.744 bits per heavy atom. The molecule has 0 unspecified atom stereocenters. The maximum atomic E-state index is 5.97. The van der Waals surface area contributed by atoms with Crippen molar-refractivity contribution in [2.75, 3.05) is 0 Å². The normalized spacial score (nSPS) is 12.4. The van der Waals surface area contributed by atoms with Gasteiger partial charge in [0, 0.05) is 0 Å². The van der Waals surface area contributed by atoms with E-state index in [1.807, 2.05) is 36.4 Å². The Kier molecular flexibility index (Phi) is 14.1. The number of halogens is 3. The van der Waals surface area contributed by atoms with Gasteiger partial charge in [-0.3, -0.25) is 6.08 Å². The number of benzene rings is 4. The van der Waals surface area contributed by atoms with E-state index >= 15 is 0 Å². The minimum absolute atomic E-state index is 0. The van der Waals surface area contributed by atoms with Crippen LogP contribution in [0.15, 0.2) is 103 Å². The van der Waals surface area contributed by atoms with Crippen LogP contribution in [0.1, 0.15) is 81.3 Å². The SMILES string of the molecule is CC(C)(C)c1[c-]c2c(cc1)-c1ccc(C(C)(C)C)cc1C2.Clc1cccc([C](=[Zr+2])c2ccccc2)c1.[C-]1=CC=CC1.[Cl-].[Cl-]. The number of hydrogen-bond donors (Lipinski definition) is 0. The molecule has 222 valence electrons. The summed E-state index contributed by atoms with van der Waals surface area (Å²) >= 11 is 7.38. The first-order valence-electron chi connectivity index (χ1n) is 14.2. The second-order valence-electron chi connectivity index (χ2n) is 12.6. The van der Waals surface area contributed by atoms with Crippen molar-refractivity contribution in [3.05, 3.63) is 154 Å². The van der Waals surface area contributed by atoms with Crippen molar-refractivity contribution < 1.29 is 49.0 Å². The van der Waals surface area contributed by atoms with Crippen molar-refractivity contribution >= 4 is 14.8 Å². The molecule has 2 aliphatic rings. The fraction of sp³-hybridized carbons (Fsp3) is 0.256. The summed E-state index contributed by atoms with van der Waals surface area (Å²) in [7, 11) is 0. The van der Waals surface area contributed by atoms with E-state index in [-0.39, 0.29) is 35.6 Å². The molecule has 4 aromatic carbocycles. The molecule has 43 heavy (non-hydrogen) atoms. The standard InChI is InChI=1S/C21H25.C13H9Cl.C5H5.2ClH.Zr/c1-20(2,3)16-7-9-18-14(12-16)11-15-13-17(21(4,5)6)8-10-19(15)18;14-13-8-4-7-12(10-13)9-11-5-2-1-3-6-11;1-2-4-5-3-1;;;/h7-10,12H,11H2,1-6H3;1-8,10H;1-3H,4H2;2*1H;/q-1;;-1;;;+2/p-2. The summed E-state index contributed by atoms with van der Waals surface area (Å²) in [5, 5.41) is 0.795. The molecular formula is C39H39Cl3Zr-2. The molecule has 0 fully saturated rings. The molecule has 0 aliphatic heterocycles. The Bertz CT molecular complexity index is 1500. The molecule has 0 heterocycles. The molecule has 4 heteroatoms. The molecule has 0 bridgehead atoms. The van der Waals surface area contributed by atoms with E-state index in [1.165, 1.54) is 71.9 Å².